The zero-order chi connectivity index (χ0) is 18.2. The summed E-state index contributed by atoms with van der Waals surface area (Å²) in [6, 6.07) is 24.7. The van der Waals surface area contributed by atoms with Gasteiger partial charge in [0.2, 0.25) is 0 Å². The first-order valence-electron chi connectivity index (χ1n) is 8.78. The Morgan fingerprint density at radius 2 is 1.50 bits per heavy atom. The van der Waals surface area contributed by atoms with E-state index in [1.807, 2.05) is 42.5 Å². The molecule has 5 aromatic rings. The molecule has 0 aliphatic rings. The molecule has 0 aliphatic heterocycles. The molecule has 0 spiro atoms. The molecule has 140 valence electrons. The first-order valence-corrected chi connectivity index (χ1v) is 8.78. The molecular weight excluding hydrogens is 401 g/mol. The van der Waals surface area contributed by atoms with Gasteiger partial charge in [0, 0.05) is 6.20 Å². The summed E-state index contributed by atoms with van der Waals surface area (Å²) in [4.78, 5) is 13.5. The van der Waals surface area contributed by atoms with Crippen molar-refractivity contribution in [3.63, 3.8) is 0 Å². The molecule has 0 fully saturated rings. The van der Waals surface area contributed by atoms with E-state index in [0.717, 1.165) is 27.4 Å². The fourth-order valence-corrected chi connectivity index (χ4v) is 3.43. The quantitative estimate of drug-likeness (QED) is 0.367. The van der Waals surface area contributed by atoms with Crippen molar-refractivity contribution in [2.24, 2.45) is 0 Å². The maximum absolute atomic E-state index is 14.9. The minimum absolute atomic E-state index is 0. The van der Waals surface area contributed by atoms with E-state index in [-0.39, 0.29) is 17.1 Å². The molecule has 3 nitrogen and oxygen atoms in total. The van der Waals surface area contributed by atoms with Crippen LogP contribution in [0.1, 0.15) is 17.6 Å². The fourth-order valence-electron chi connectivity index (χ4n) is 3.43. The standard InChI is InChI=1S/C23H15FN3.Cu/c24-22(20-11-3-4-14-25-20)21-13-6-12-19(26-21)17-9-5-8-16-15-7-1-2-10-18(15)27-23(16)17;/h1-14,22H;/q-1;+1. The molecule has 3 heterocycles. The SMILES string of the molecule is FC(c1ccccn1)c1cccc(-c2cccc3c2[n-]c2ccccc23)n1.[Cu+]. The Balaban J connectivity index is 0.00000192. The van der Waals surface area contributed by atoms with Crippen LogP contribution >= 0.6 is 0 Å². The maximum Gasteiger partial charge on any atom is 1.00 e. The predicted octanol–water partition coefficient (Wildman–Crippen LogP) is 5.46. The van der Waals surface area contributed by atoms with Crippen LogP contribution in [0.15, 0.2) is 85.1 Å². The van der Waals surface area contributed by atoms with E-state index in [1.165, 1.54) is 0 Å². The molecule has 0 amide bonds. The van der Waals surface area contributed by atoms with Crippen LogP contribution in [-0.4, -0.2) is 9.97 Å². The smallest absolute Gasteiger partial charge is 0.656 e. The molecule has 2 aromatic carbocycles. The molecule has 28 heavy (non-hydrogen) atoms. The number of nitrogens with zero attached hydrogens (tertiary/aromatic N) is 3. The van der Waals surface area contributed by atoms with Gasteiger partial charge in [-0.25, -0.2) is 9.37 Å². The number of rotatable bonds is 3. The van der Waals surface area contributed by atoms with Crippen LogP contribution in [0.3, 0.4) is 0 Å². The van der Waals surface area contributed by atoms with E-state index in [9.17, 15) is 4.39 Å². The predicted molar refractivity (Wildman–Crippen MR) is 105 cm³/mol. The summed E-state index contributed by atoms with van der Waals surface area (Å²) < 4.78 is 14.9. The molecule has 0 bridgehead atoms. The van der Waals surface area contributed by atoms with E-state index in [1.54, 1.807) is 30.5 Å². The number of benzene rings is 2. The van der Waals surface area contributed by atoms with Crippen molar-refractivity contribution < 1.29 is 21.5 Å². The Kier molecular flexibility index (Phi) is 4.95. The van der Waals surface area contributed by atoms with Crippen molar-refractivity contribution in [3.8, 4) is 11.3 Å². The van der Waals surface area contributed by atoms with E-state index in [2.05, 4.69) is 22.1 Å². The molecule has 0 saturated carbocycles. The van der Waals surface area contributed by atoms with Crippen molar-refractivity contribution in [2.45, 2.75) is 6.17 Å². The van der Waals surface area contributed by atoms with Gasteiger partial charge < -0.3 is 4.98 Å². The van der Waals surface area contributed by atoms with Crippen LogP contribution < -0.4 is 4.98 Å². The largest absolute Gasteiger partial charge is 1.00 e. The van der Waals surface area contributed by atoms with E-state index in [0.29, 0.717) is 17.1 Å². The molecule has 5 rings (SSSR count). The number of halogens is 1. The molecule has 1 unspecified atom stereocenters. The Morgan fingerprint density at radius 1 is 0.750 bits per heavy atom. The second kappa shape index (κ2) is 7.55. The first-order chi connectivity index (χ1) is 13.3. The second-order valence-electron chi connectivity index (χ2n) is 6.40. The number of alkyl halides is 1. The number of fused-ring (bicyclic) bond motifs is 3. The van der Waals surface area contributed by atoms with Gasteiger partial charge in [-0.15, -0.1) is 11.0 Å². The molecule has 0 aliphatic carbocycles. The van der Waals surface area contributed by atoms with E-state index < -0.39 is 6.17 Å². The average Bonchev–Trinajstić information content (AvgIpc) is 3.13. The van der Waals surface area contributed by atoms with Crippen LogP contribution in [0.4, 0.5) is 4.39 Å². The van der Waals surface area contributed by atoms with Crippen molar-refractivity contribution in [1.82, 2.24) is 15.0 Å². The van der Waals surface area contributed by atoms with Crippen LogP contribution in [0.2, 0.25) is 0 Å². The molecule has 0 radical (unpaired) electrons. The number of hydrogen-bond donors (Lipinski definition) is 0. The topological polar surface area (TPSA) is 39.9 Å². The Hall–Kier alpha value is -3.01. The summed E-state index contributed by atoms with van der Waals surface area (Å²) in [6.07, 6.45) is 0.225. The summed E-state index contributed by atoms with van der Waals surface area (Å²) in [6.45, 7) is 0. The summed E-state index contributed by atoms with van der Waals surface area (Å²) in [7, 11) is 0. The molecule has 1 atom stereocenters. The van der Waals surface area contributed by atoms with Crippen LogP contribution in [0, 0.1) is 0 Å². The normalized spacial score (nSPS) is 12.0. The van der Waals surface area contributed by atoms with Gasteiger partial charge >= 0.3 is 17.1 Å². The van der Waals surface area contributed by atoms with Gasteiger partial charge in [-0.05, 0) is 40.6 Å². The maximum atomic E-state index is 14.9. The number of pyridine rings is 2. The molecular formula is C23H15CuFN3. The van der Waals surface area contributed by atoms with E-state index >= 15 is 0 Å². The zero-order valence-corrected chi connectivity index (χ0v) is 15.6. The Morgan fingerprint density at radius 3 is 2.36 bits per heavy atom. The number of hydrogen-bond acceptors (Lipinski definition) is 2. The van der Waals surface area contributed by atoms with Crippen LogP contribution in [0.5, 0.6) is 0 Å². The summed E-state index contributed by atoms with van der Waals surface area (Å²) in [5.74, 6) is 0. The van der Waals surface area contributed by atoms with Gasteiger partial charge in [0.1, 0.15) is 0 Å². The third-order valence-electron chi connectivity index (χ3n) is 4.72. The monoisotopic (exact) mass is 415 g/mol. The summed E-state index contributed by atoms with van der Waals surface area (Å²) in [5.41, 5.74) is 4.15. The van der Waals surface area contributed by atoms with Gasteiger partial charge in [0.25, 0.3) is 0 Å². The Bertz CT molecular complexity index is 1250. The van der Waals surface area contributed by atoms with Crippen molar-refractivity contribution in [3.05, 3.63) is 96.4 Å². The van der Waals surface area contributed by atoms with Gasteiger partial charge in [0.15, 0.2) is 6.17 Å². The molecule has 0 saturated heterocycles. The number of aromatic nitrogens is 3. The van der Waals surface area contributed by atoms with E-state index in [4.69, 9.17) is 4.98 Å². The van der Waals surface area contributed by atoms with Crippen molar-refractivity contribution >= 4 is 21.8 Å². The van der Waals surface area contributed by atoms with Gasteiger partial charge in [-0.1, -0.05) is 54.6 Å². The summed E-state index contributed by atoms with van der Waals surface area (Å²) >= 11 is 0. The molecule has 3 aromatic heterocycles. The van der Waals surface area contributed by atoms with Gasteiger partial charge in [0.05, 0.1) is 17.1 Å². The van der Waals surface area contributed by atoms with Crippen LogP contribution in [0.25, 0.3) is 33.1 Å². The number of para-hydroxylation sites is 2. The Labute approximate surface area is 172 Å². The van der Waals surface area contributed by atoms with Crippen LogP contribution in [-0.2, 0) is 17.1 Å². The third-order valence-corrected chi connectivity index (χ3v) is 4.72. The zero-order valence-electron chi connectivity index (χ0n) is 14.7. The minimum atomic E-state index is -1.36. The fraction of sp³-hybridized carbons (Fsp3) is 0.0435. The first kappa shape index (κ1) is 18.4. The summed E-state index contributed by atoms with van der Waals surface area (Å²) in [5, 5.41) is 2.19. The second-order valence-corrected chi connectivity index (χ2v) is 6.40. The van der Waals surface area contributed by atoms with Crippen molar-refractivity contribution in [2.75, 3.05) is 0 Å². The molecule has 5 heteroatoms. The van der Waals surface area contributed by atoms with Crippen molar-refractivity contribution in [1.29, 1.82) is 0 Å². The van der Waals surface area contributed by atoms with Gasteiger partial charge in [-0.2, -0.15) is 0 Å². The average molecular weight is 416 g/mol. The third kappa shape index (κ3) is 3.09. The molecule has 0 N–H and O–H groups in total. The minimum Gasteiger partial charge on any atom is -0.656 e. The van der Waals surface area contributed by atoms with Gasteiger partial charge in [-0.3, -0.25) is 4.98 Å².